The Morgan fingerprint density at radius 3 is 2.14 bits per heavy atom. The summed E-state index contributed by atoms with van der Waals surface area (Å²) < 4.78 is 33.0. The van der Waals surface area contributed by atoms with E-state index in [0.717, 1.165) is 10.5 Å². The van der Waals surface area contributed by atoms with Gasteiger partial charge in [-0.2, -0.15) is 0 Å². The number of aliphatic hydroxyl groups is 3. The Bertz CT molecular complexity index is 1360. The van der Waals surface area contributed by atoms with Crippen molar-refractivity contribution in [1.29, 1.82) is 0 Å². The molecule has 5 N–H and O–H groups in total. The number of carbonyl (C=O) groups excluding carboxylic acids is 4. The average molecular weight is 725 g/mol. The number of aliphatic hydroxyl groups excluding tert-OH is 3. The van der Waals surface area contributed by atoms with E-state index in [-0.39, 0.29) is 44.4 Å². The molecule has 51 heavy (non-hydrogen) atoms. The van der Waals surface area contributed by atoms with Gasteiger partial charge < -0.3 is 54.2 Å². The van der Waals surface area contributed by atoms with E-state index >= 15 is 0 Å². The standard InChI is InChI=1S/C34H48N2O15/c1-34(2,3)33(45)49-20-22-19-21(6-7-23(22)50-32-29(42)27(40)28(41)30(51-32)31(43)44)5-4-13-46-15-17-48-18-16-47-14-11-35-24(37)10-12-36-25(38)8-9-26(36)39/h6-9,19,27-30,32,40-42H,4-5,10-18,20H2,1-3H3,(H,35,37)(H,43,44)/t27-,28-,29-,30-,32+/m0/s1. The number of ether oxygens (including phenoxy) is 6. The highest BCUT2D eigenvalue weighted by Crippen LogP contribution is 2.29. The van der Waals surface area contributed by atoms with Gasteiger partial charge in [-0.25, -0.2) is 4.79 Å². The van der Waals surface area contributed by atoms with E-state index in [1.54, 1.807) is 39.0 Å². The van der Waals surface area contributed by atoms with Crippen LogP contribution in [0.25, 0.3) is 0 Å². The topological polar surface area (TPSA) is 237 Å². The van der Waals surface area contributed by atoms with Crippen LogP contribution in [0.1, 0.15) is 44.7 Å². The van der Waals surface area contributed by atoms with Crippen molar-refractivity contribution in [2.45, 2.75) is 77.3 Å². The predicted molar refractivity (Wildman–Crippen MR) is 175 cm³/mol. The number of carboxylic acids is 1. The molecule has 1 fully saturated rings. The van der Waals surface area contributed by atoms with Crippen molar-refractivity contribution in [3.8, 4) is 5.75 Å². The van der Waals surface area contributed by atoms with Crippen LogP contribution in [0.2, 0.25) is 0 Å². The maximum Gasteiger partial charge on any atom is 0.335 e. The summed E-state index contributed by atoms with van der Waals surface area (Å²) >= 11 is 0. The SMILES string of the molecule is CC(C)(C)C(=O)OCc1cc(CCCOCCOCCOCCNC(=O)CCN2C(=O)C=CC2=O)ccc1O[C@@H]1O[C@H](C(=O)O)[C@@H](O)[C@H](O)[C@@H]1O. The lowest BCUT2D eigenvalue weighted by molar-refractivity contribution is -0.271. The lowest BCUT2D eigenvalue weighted by atomic mass is 9.97. The van der Waals surface area contributed by atoms with E-state index in [1.165, 1.54) is 12.2 Å². The number of carbonyl (C=O) groups is 5. The van der Waals surface area contributed by atoms with Crippen molar-refractivity contribution < 1.29 is 72.8 Å². The van der Waals surface area contributed by atoms with Crippen molar-refractivity contribution in [3.63, 3.8) is 0 Å². The van der Waals surface area contributed by atoms with Gasteiger partial charge >= 0.3 is 11.9 Å². The van der Waals surface area contributed by atoms with Gasteiger partial charge in [-0.15, -0.1) is 0 Å². The number of aliphatic carboxylic acids is 1. The third-order valence-corrected chi connectivity index (χ3v) is 7.68. The minimum absolute atomic E-state index is 0.0126. The molecule has 2 heterocycles. The minimum atomic E-state index is -1.87. The van der Waals surface area contributed by atoms with Gasteiger partial charge in [0.05, 0.1) is 38.4 Å². The maximum absolute atomic E-state index is 12.4. The zero-order valence-electron chi connectivity index (χ0n) is 29.0. The molecule has 3 rings (SSSR count). The summed E-state index contributed by atoms with van der Waals surface area (Å²) in [6.07, 6.45) is -5.33. The number of hydrogen-bond acceptors (Lipinski definition) is 14. The molecule has 0 saturated carbocycles. The molecule has 0 radical (unpaired) electrons. The first kappa shape index (κ1) is 41.5. The molecule has 0 bridgehead atoms. The molecule has 1 saturated heterocycles. The molecular weight excluding hydrogens is 676 g/mol. The molecule has 3 amide bonds. The summed E-state index contributed by atoms with van der Waals surface area (Å²) in [6, 6.07) is 5.04. The van der Waals surface area contributed by atoms with Crippen molar-refractivity contribution in [1.82, 2.24) is 10.2 Å². The van der Waals surface area contributed by atoms with Gasteiger partial charge in [-0.05, 0) is 51.3 Å². The van der Waals surface area contributed by atoms with Crippen LogP contribution in [-0.2, 0) is 60.7 Å². The summed E-state index contributed by atoms with van der Waals surface area (Å²) in [5.74, 6) is -3.03. The van der Waals surface area contributed by atoms with E-state index in [1.807, 2.05) is 0 Å². The smallest absolute Gasteiger partial charge is 0.335 e. The number of benzene rings is 1. The molecule has 17 nitrogen and oxygen atoms in total. The first-order chi connectivity index (χ1) is 24.2. The van der Waals surface area contributed by atoms with Crippen molar-refractivity contribution in [3.05, 3.63) is 41.5 Å². The Hall–Kier alpha value is -3.97. The number of hydrogen-bond donors (Lipinski definition) is 5. The van der Waals surface area contributed by atoms with Gasteiger partial charge in [-0.1, -0.05) is 6.07 Å². The molecule has 5 atom stereocenters. The Kier molecular flexibility index (Phi) is 16.4. The Balaban J connectivity index is 1.33. The second-order valence-corrected chi connectivity index (χ2v) is 12.8. The van der Waals surface area contributed by atoms with Crippen LogP contribution in [0.3, 0.4) is 0 Å². The molecule has 0 aromatic heterocycles. The molecule has 2 aliphatic heterocycles. The number of carboxylic acid groups (broad SMARTS) is 1. The van der Waals surface area contributed by atoms with Gasteiger partial charge in [0.1, 0.15) is 30.7 Å². The van der Waals surface area contributed by atoms with Crippen molar-refractivity contribution in [2.75, 3.05) is 52.7 Å². The van der Waals surface area contributed by atoms with Crippen LogP contribution in [0.5, 0.6) is 5.75 Å². The van der Waals surface area contributed by atoms with Gasteiger partial charge in [0.25, 0.3) is 11.8 Å². The van der Waals surface area contributed by atoms with Gasteiger partial charge in [0.15, 0.2) is 6.10 Å². The van der Waals surface area contributed by atoms with Crippen LogP contribution in [-0.4, -0.2) is 138 Å². The normalized spacial score (nSPS) is 21.9. The number of nitrogens with zero attached hydrogens (tertiary/aromatic N) is 1. The Labute approximate surface area is 295 Å². The van der Waals surface area contributed by atoms with E-state index in [2.05, 4.69) is 5.32 Å². The molecule has 284 valence electrons. The van der Waals surface area contributed by atoms with Crippen LogP contribution in [0.4, 0.5) is 0 Å². The van der Waals surface area contributed by atoms with Gasteiger partial charge in [-0.3, -0.25) is 24.1 Å². The third kappa shape index (κ3) is 13.3. The zero-order chi connectivity index (χ0) is 37.6. The van der Waals surface area contributed by atoms with E-state index in [4.69, 9.17) is 28.4 Å². The highest BCUT2D eigenvalue weighted by atomic mass is 16.7. The highest BCUT2D eigenvalue weighted by Gasteiger charge is 2.48. The summed E-state index contributed by atoms with van der Waals surface area (Å²) in [5.41, 5.74) is 0.498. The van der Waals surface area contributed by atoms with Gasteiger partial charge in [0, 0.05) is 43.8 Å². The first-order valence-electron chi connectivity index (χ1n) is 16.6. The number of amides is 3. The second-order valence-electron chi connectivity index (χ2n) is 12.8. The maximum atomic E-state index is 12.4. The quantitative estimate of drug-likeness (QED) is 0.0608. The first-order valence-corrected chi connectivity index (χ1v) is 16.6. The predicted octanol–water partition coefficient (Wildman–Crippen LogP) is -0.539. The van der Waals surface area contributed by atoms with Crippen LogP contribution in [0, 0.1) is 5.41 Å². The Morgan fingerprint density at radius 2 is 1.51 bits per heavy atom. The fourth-order valence-corrected chi connectivity index (χ4v) is 4.79. The highest BCUT2D eigenvalue weighted by molar-refractivity contribution is 6.13. The second kappa shape index (κ2) is 20.2. The lowest BCUT2D eigenvalue weighted by Crippen LogP contribution is -2.61. The average Bonchev–Trinajstić information content (AvgIpc) is 3.40. The monoisotopic (exact) mass is 724 g/mol. The number of imide groups is 1. The molecule has 17 heteroatoms. The summed E-state index contributed by atoms with van der Waals surface area (Å²) in [6.45, 7) is 7.28. The molecular formula is C34H48N2O15. The van der Waals surface area contributed by atoms with E-state index in [9.17, 15) is 44.4 Å². The number of rotatable bonds is 21. The van der Waals surface area contributed by atoms with Crippen LogP contribution < -0.4 is 10.1 Å². The molecule has 1 aromatic carbocycles. The molecule has 1 aromatic rings. The van der Waals surface area contributed by atoms with E-state index < -0.39 is 59.9 Å². The van der Waals surface area contributed by atoms with Crippen LogP contribution in [0.15, 0.2) is 30.4 Å². The van der Waals surface area contributed by atoms with Crippen molar-refractivity contribution in [2.24, 2.45) is 5.41 Å². The summed E-state index contributed by atoms with van der Waals surface area (Å²) in [5, 5.41) is 42.5. The van der Waals surface area contributed by atoms with Crippen LogP contribution >= 0.6 is 0 Å². The molecule has 0 aliphatic carbocycles. The van der Waals surface area contributed by atoms with E-state index in [0.29, 0.717) is 51.4 Å². The molecule has 0 unspecified atom stereocenters. The Morgan fingerprint density at radius 1 is 0.882 bits per heavy atom. The molecule has 2 aliphatic rings. The van der Waals surface area contributed by atoms with Crippen molar-refractivity contribution >= 4 is 29.7 Å². The summed E-state index contributed by atoms with van der Waals surface area (Å²) in [7, 11) is 0. The third-order valence-electron chi connectivity index (χ3n) is 7.68. The zero-order valence-corrected chi connectivity index (χ0v) is 29.0. The number of esters is 1. The number of nitrogens with one attached hydrogen (secondary N) is 1. The lowest BCUT2D eigenvalue weighted by Gasteiger charge is -2.38. The fourth-order valence-electron chi connectivity index (χ4n) is 4.79. The molecule has 0 spiro atoms. The largest absolute Gasteiger partial charge is 0.479 e. The fraction of sp³-hybridized carbons (Fsp3) is 0.618. The number of aryl methyl sites for hydroxylation is 1. The minimum Gasteiger partial charge on any atom is -0.479 e. The van der Waals surface area contributed by atoms with Gasteiger partial charge in [0.2, 0.25) is 12.2 Å². The summed E-state index contributed by atoms with van der Waals surface area (Å²) in [4.78, 5) is 59.8.